The summed E-state index contributed by atoms with van der Waals surface area (Å²) in [7, 11) is 0. The Kier molecular flexibility index (Phi) is 6.66. The number of nitrogens with zero attached hydrogens (tertiary/aromatic N) is 3. The van der Waals surface area contributed by atoms with Gasteiger partial charge in [0.25, 0.3) is 5.91 Å². The third-order valence-electron chi connectivity index (χ3n) is 7.91. The molecule has 1 aliphatic heterocycles. The molecule has 0 spiro atoms. The number of imidazole rings is 1. The molecule has 35 heavy (non-hydrogen) atoms. The third-order valence-corrected chi connectivity index (χ3v) is 7.91. The van der Waals surface area contributed by atoms with E-state index < -0.39 is 11.8 Å². The number of primary amides is 1. The van der Waals surface area contributed by atoms with Gasteiger partial charge in [-0.2, -0.15) is 0 Å². The van der Waals surface area contributed by atoms with Crippen molar-refractivity contribution < 1.29 is 13.6 Å². The van der Waals surface area contributed by atoms with Crippen LogP contribution in [0.3, 0.4) is 0 Å². The average Bonchev–Trinajstić information content (AvgIpc) is 3.43. The maximum absolute atomic E-state index is 13.7. The first-order valence-electron chi connectivity index (χ1n) is 12.9. The van der Waals surface area contributed by atoms with Crippen LogP contribution >= 0.6 is 0 Å². The second-order valence-electron chi connectivity index (χ2n) is 10.2. The number of hydrogen-bond acceptors (Lipinski definition) is 3. The molecule has 1 fully saturated rings. The van der Waals surface area contributed by atoms with Gasteiger partial charge in [-0.3, -0.25) is 9.69 Å². The highest BCUT2D eigenvalue weighted by molar-refractivity contribution is 5.92. The number of alkyl halides is 2. The van der Waals surface area contributed by atoms with Crippen molar-refractivity contribution in [1.29, 1.82) is 0 Å². The lowest BCUT2D eigenvalue weighted by molar-refractivity contribution is -0.0565. The largest absolute Gasteiger partial charge is 0.364 e. The molecule has 2 aliphatic rings. The second-order valence-corrected chi connectivity index (χ2v) is 10.2. The SMILES string of the molecule is CCCCC(Cc1c[nH]c2ccccc12)c1c(C(N)=O)nc2n1CCN(C1CCC(F)(F)CC1)C2. The van der Waals surface area contributed by atoms with Crippen molar-refractivity contribution in [3.63, 3.8) is 0 Å². The number of benzene rings is 1. The average molecular weight is 484 g/mol. The first-order valence-corrected chi connectivity index (χ1v) is 12.9. The maximum atomic E-state index is 13.7. The van der Waals surface area contributed by atoms with Crippen LogP contribution in [0.5, 0.6) is 0 Å². The number of aromatic nitrogens is 3. The predicted molar refractivity (Wildman–Crippen MR) is 133 cm³/mol. The van der Waals surface area contributed by atoms with Crippen molar-refractivity contribution in [2.75, 3.05) is 6.54 Å². The Morgan fingerprint density at radius 1 is 1.26 bits per heavy atom. The van der Waals surface area contributed by atoms with Crippen LogP contribution in [-0.2, 0) is 19.5 Å². The van der Waals surface area contributed by atoms with Gasteiger partial charge in [-0.1, -0.05) is 38.0 Å². The molecule has 8 heteroatoms. The van der Waals surface area contributed by atoms with Crippen LogP contribution in [0.25, 0.3) is 10.9 Å². The highest BCUT2D eigenvalue weighted by Crippen LogP contribution is 2.38. The van der Waals surface area contributed by atoms with Gasteiger partial charge in [0.1, 0.15) is 11.5 Å². The highest BCUT2D eigenvalue weighted by atomic mass is 19.3. The summed E-state index contributed by atoms with van der Waals surface area (Å²) in [6.07, 6.45) is 6.84. The molecule has 6 nitrogen and oxygen atoms in total. The number of rotatable bonds is 8. The molecular weight excluding hydrogens is 448 g/mol. The summed E-state index contributed by atoms with van der Waals surface area (Å²) in [5, 5.41) is 1.20. The van der Waals surface area contributed by atoms with Crippen LogP contribution in [-0.4, -0.2) is 43.9 Å². The molecule has 0 saturated heterocycles. The van der Waals surface area contributed by atoms with Gasteiger partial charge in [0, 0.05) is 55.0 Å². The fraction of sp³-hybridized carbons (Fsp3) is 0.556. The zero-order valence-corrected chi connectivity index (χ0v) is 20.4. The number of halogens is 2. The Morgan fingerprint density at radius 3 is 2.77 bits per heavy atom. The standard InChI is InChI=1S/C27H35F2N5O/c1-2-3-6-18(15-19-16-31-22-8-5-4-7-21(19)22)25-24(26(30)35)32-23-17-33(13-14-34(23)25)20-9-11-27(28,29)12-10-20/h4-5,7-8,16,18,20,31H,2-3,6,9-15,17H2,1H3,(H2,30,35). The van der Waals surface area contributed by atoms with Gasteiger partial charge in [-0.25, -0.2) is 13.8 Å². The number of aromatic amines is 1. The van der Waals surface area contributed by atoms with Crippen molar-refractivity contribution in [2.45, 2.75) is 89.3 Å². The van der Waals surface area contributed by atoms with Gasteiger partial charge in [-0.05, 0) is 37.3 Å². The number of unbranched alkanes of at least 4 members (excludes halogenated alkanes) is 1. The van der Waals surface area contributed by atoms with E-state index in [4.69, 9.17) is 10.7 Å². The summed E-state index contributed by atoms with van der Waals surface area (Å²) in [5.41, 5.74) is 9.50. The number of carbonyl (C=O) groups is 1. The number of fused-ring (bicyclic) bond motifs is 2. The van der Waals surface area contributed by atoms with Gasteiger partial charge in [0.05, 0.1) is 12.2 Å². The zero-order valence-electron chi connectivity index (χ0n) is 20.4. The molecule has 1 aliphatic carbocycles. The van der Waals surface area contributed by atoms with Crippen LogP contribution in [0.15, 0.2) is 30.5 Å². The van der Waals surface area contributed by atoms with Crippen molar-refractivity contribution >= 4 is 16.8 Å². The van der Waals surface area contributed by atoms with Gasteiger partial charge >= 0.3 is 0 Å². The molecule has 1 unspecified atom stereocenters. The van der Waals surface area contributed by atoms with Crippen molar-refractivity contribution in [3.05, 3.63) is 53.2 Å². The van der Waals surface area contributed by atoms with Gasteiger partial charge < -0.3 is 15.3 Å². The lowest BCUT2D eigenvalue weighted by Gasteiger charge is -2.39. The van der Waals surface area contributed by atoms with Crippen LogP contribution in [0.1, 0.15) is 85.4 Å². The number of nitrogens with two attached hydrogens (primary N) is 1. The normalized spacial score (nSPS) is 19.6. The second kappa shape index (κ2) is 9.72. The molecular formula is C27H35F2N5O. The van der Waals surface area contributed by atoms with E-state index in [1.807, 2.05) is 12.1 Å². The monoisotopic (exact) mass is 483 g/mol. The molecule has 5 rings (SSSR count). The number of amides is 1. The number of carbonyl (C=O) groups excluding carboxylic acids is 1. The van der Waals surface area contributed by atoms with Crippen LogP contribution in [0.4, 0.5) is 8.78 Å². The third kappa shape index (κ3) is 4.85. The minimum atomic E-state index is -2.54. The predicted octanol–water partition coefficient (Wildman–Crippen LogP) is 5.37. The summed E-state index contributed by atoms with van der Waals surface area (Å²) in [5.74, 6) is -2.08. The van der Waals surface area contributed by atoms with E-state index in [2.05, 4.69) is 39.7 Å². The molecule has 3 aromatic rings. The van der Waals surface area contributed by atoms with E-state index in [9.17, 15) is 13.6 Å². The summed E-state index contributed by atoms with van der Waals surface area (Å²) in [6, 6.07) is 8.42. The Hall–Kier alpha value is -2.74. The van der Waals surface area contributed by atoms with Crippen LogP contribution < -0.4 is 5.73 Å². The molecule has 1 amide bonds. The van der Waals surface area contributed by atoms with Crippen molar-refractivity contribution in [1.82, 2.24) is 19.4 Å². The summed E-state index contributed by atoms with van der Waals surface area (Å²) in [4.78, 5) is 22.9. The molecule has 1 aromatic carbocycles. The van der Waals surface area contributed by atoms with Crippen molar-refractivity contribution in [2.24, 2.45) is 5.73 Å². The fourth-order valence-electron chi connectivity index (χ4n) is 6.02. The van der Waals surface area contributed by atoms with E-state index in [1.165, 1.54) is 10.9 Å². The van der Waals surface area contributed by atoms with Gasteiger partial charge in [-0.15, -0.1) is 0 Å². The van der Waals surface area contributed by atoms with E-state index in [0.717, 1.165) is 49.3 Å². The first-order chi connectivity index (χ1) is 16.9. The quantitative estimate of drug-likeness (QED) is 0.452. The lowest BCUT2D eigenvalue weighted by atomic mass is 9.89. The number of hydrogen-bond donors (Lipinski definition) is 2. The van der Waals surface area contributed by atoms with Crippen LogP contribution in [0, 0.1) is 0 Å². The van der Waals surface area contributed by atoms with Crippen molar-refractivity contribution in [3.8, 4) is 0 Å². The first kappa shape index (κ1) is 24.0. The fourth-order valence-corrected chi connectivity index (χ4v) is 6.02. The van der Waals surface area contributed by atoms with Gasteiger partial charge in [0.15, 0.2) is 0 Å². The zero-order chi connectivity index (χ0) is 24.6. The van der Waals surface area contributed by atoms with Gasteiger partial charge in [0.2, 0.25) is 5.92 Å². The minimum absolute atomic E-state index is 0.0515. The van der Waals surface area contributed by atoms with E-state index in [-0.39, 0.29) is 24.8 Å². The number of H-pyrrole nitrogens is 1. The topological polar surface area (TPSA) is 79.9 Å². The number of para-hydroxylation sites is 1. The Bertz CT molecular complexity index is 1190. The molecule has 188 valence electrons. The Labute approximate surface area is 204 Å². The molecule has 3 N–H and O–H groups in total. The van der Waals surface area contributed by atoms with E-state index in [1.54, 1.807) is 0 Å². The summed E-state index contributed by atoms with van der Waals surface area (Å²) in [6.45, 7) is 4.23. The number of nitrogens with one attached hydrogen (secondary N) is 1. The smallest absolute Gasteiger partial charge is 0.269 e. The molecule has 0 bridgehead atoms. The summed E-state index contributed by atoms with van der Waals surface area (Å²) >= 11 is 0. The lowest BCUT2D eigenvalue weighted by Crippen LogP contribution is -2.44. The molecule has 1 atom stereocenters. The summed E-state index contributed by atoms with van der Waals surface area (Å²) < 4.78 is 29.6. The highest BCUT2D eigenvalue weighted by Gasteiger charge is 2.39. The van der Waals surface area contributed by atoms with Crippen LogP contribution in [0.2, 0.25) is 0 Å². The molecule has 1 saturated carbocycles. The maximum Gasteiger partial charge on any atom is 0.269 e. The molecule has 3 heterocycles. The molecule has 0 radical (unpaired) electrons. The Balaban J connectivity index is 1.44. The minimum Gasteiger partial charge on any atom is -0.364 e. The van der Waals surface area contributed by atoms with E-state index in [0.29, 0.717) is 31.6 Å². The van der Waals surface area contributed by atoms with E-state index >= 15 is 0 Å². The molecule has 2 aromatic heterocycles. The Morgan fingerprint density at radius 2 is 2.03 bits per heavy atom.